The molecule has 1 nitrogen and oxygen atoms in total. The first-order valence-corrected chi connectivity index (χ1v) is 3.34. The average molecular weight is 103 g/mol. The number of hydrogen-bond acceptors (Lipinski definition) is 1. The first kappa shape index (κ1) is 4.34. The molecule has 0 saturated heterocycles. The van der Waals surface area contributed by atoms with Crippen LogP contribution < -0.4 is 5.32 Å². The van der Waals surface area contributed by atoms with Gasteiger partial charge in [0.05, 0.1) is 0 Å². The van der Waals surface area contributed by atoms with E-state index in [4.69, 9.17) is 0 Å². The summed E-state index contributed by atoms with van der Waals surface area (Å²) in [4.78, 5) is 0. The van der Waals surface area contributed by atoms with Gasteiger partial charge in [0.15, 0.2) is 0 Å². The molecule has 6 heavy (non-hydrogen) atoms. The standard InChI is InChI=1S/C4H9NS/c1-3-6-4-2-5-1/h3,5-6H,1-2,4H2. The summed E-state index contributed by atoms with van der Waals surface area (Å²) in [5.41, 5.74) is 0. The molecule has 1 N–H and O–H groups in total. The molecule has 1 aliphatic heterocycles. The third kappa shape index (κ3) is 1.11. The van der Waals surface area contributed by atoms with E-state index < -0.39 is 0 Å². The minimum absolute atomic E-state index is 1.11. The summed E-state index contributed by atoms with van der Waals surface area (Å²) in [5.74, 6) is 1.31. The van der Waals surface area contributed by atoms with Crippen molar-refractivity contribution < 1.29 is 0 Å². The van der Waals surface area contributed by atoms with Crippen LogP contribution in [0.15, 0.2) is 0 Å². The highest BCUT2D eigenvalue weighted by Crippen LogP contribution is 1.83. The van der Waals surface area contributed by atoms with Crippen molar-refractivity contribution in [2.24, 2.45) is 0 Å². The maximum Gasteiger partial charge on any atom is 0.0186 e. The van der Waals surface area contributed by atoms with Gasteiger partial charge in [-0.1, -0.05) is 5.37 Å². The predicted molar refractivity (Wildman–Crippen MR) is 32.8 cm³/mol. The lowest BCUT2D eigenvalue weighted by Crippen LogP contribution is -2.21. The fourth-order valence-electron chi connectivity index (χ4n) is 0.466. The number of hydrogen-bond donors (Lipinski definition) is 2. The van der Waals surface area contributed by atoms with Crippen molar-refractivity contribution in [2.45, 2.75) is 0 Å². The second-order valence-corrected chi connectivity index (χ2v) is 2.47. The van der Waals surface area contributed by atoms with E-state index >= 15 is 0 Å². The molecular weight excluding hydrogens is 94.1 g/mol. The smallest absolute Gasteiger partial charge is 0.0186 e. The molecule has 0 atom stereocenters. The fraction of sp³-hybridized carbons (Fsp3) is 0.750. The Morgan fingerprint density at radius 3 is 2.83 bits per heavy atom. The minimum atomic E-state index is 1.11. The van der Waals surface area contributed by atoms with Gasteiger partial charge in [0.2, 0.25) is 0 Å². The molecule has 0 fully saturated rings. The monoisotopic (exact) mass is 103 g/mol. The van der Waals surface area contributed by atoms with E-state index in [0.29, 0.717) is 0 Å². The van der Waals surface area contributed by atoms with Gasteiger partial charge >= 0.3 is 0 Å². The highest BCUT2D eigenvalue weighted by molar-refractivity contribution is 7.97. The lowest BCUT2D eigenvalue weighted by atomic mass is 10.6. The molecule has 1 aliphatic rings. The van der Waals surface area contributed by atoms with Crippen LogP contribution in [0, 0.1) is 0 Å². The normalized spacial score (nSPS) is 22.7. The summed E-state index contributed by atoms with van der Waals surface area (Å²) < 4.78 is 0. The van der Waals surface area contributed by atoms with Crippen LogP contribution in [-0.2, 0) is 0 Å². The van der Waals surface area contributed by atoms with Gasteiger partial charge in [0.1, 0.15) is 0 Å². The number of rotatable bonds is 0. The van der Waals surface area contributed by atoms with Crippen molar-refractivity contribution in [1.29, 1.82) is 0 Å². The topological polar surface area (TPSA) is 12.0 Å². The molecule has 1 rings (SSSR count). The summed E-state index contributed by atoms with van der Waals surface area (Å²) in [6, 6.07) is 0. The summed E-state index contributed by atoms with van der Waals surface area (Å²) in [5, 5.41) is 5.48. The van der Waals surface area contributed by atoms with Crippen LogP contribution in [0.1, 0.15) is 0 Å². The zero-order chi connectivity index (χ0) is 4.24. The molecule has 0 saturated carbocycles. The van der Waals surface area contributed by atoms with Crippen molar-refractivity contribution in [3.8, 4) is 0 Å². The Hall–Kier alpha value is 0.180. The molecule has 36 valence electrons. The molecule has 0 bridgehead atoms. The highest BCUT2D eigenvalue weighted by Gasteiger charge is 1.84. The lowest BCUT2D eigenvalue weighted by Gasteiger charge is -2.01. The number of nitrogens with one attached hydrogen (secondary N) is 1. The molecule has 0 unspecified atom stereocenters. The van der Waals surface area contributed by atoms with E-state index in [9.17, 15) is 0 Å². The first-order chi connectivity index (χ1) is 3.00. The zero-order valence-corrected chi connectivity index (χ0v) is 4.54. The Bertz CT molecular complexity index is 52.6. The van der Waals surface area contributed by atoms with Crippen molar-refractivity contribution in [1.82, 2.24) is 5.32 Å². The van der Waals surface area contributed by atoms with Crippen molar-refractivity contribution >= 4 is 16.7 Å². The molecule has 0 aromatic carbocycles. The van der Waals surface area contributed by atoms with E-state index in [1.807, 2.05) is 0 Å². The van der Waals surface area contributed by atoms with Gasteiger partial charge in [-0.05, 0) is 5.75 Å². The molecule has 0 aromatic rings. The minimum Gasteiger partial charge on any atom is -0.312 e. The Morgan fingerprint density at radius 1 is 1.67 bits per heavy atom. The summed E-state index contributed by atoms with van der Waals surface area (Å²) in [7, 11) is 0. The van der Waals surface area contributed by atoms with Crippen molar-refractivity contribution in [2.75, 3.05) is 18.8 Å². The largest absolute Gasteiger partial charge is 0.312 e. The molecule has 0 amide bonds. The molecule has 1 heterocycles. The van der Waals surface area contributed by atoms with Gasteiger partial charge in [0.25, 0.3) is 0 Å². The van der Waals surface area contributed by atoms with Gasteiger partial charge in [-0.3, -0.25) is 0 Å². The van der Waals surface area contributed by atoms with E-state index in [-0.39, 0.29) is 0 Å². The van der Waals surface area contributed by atoms with E-state index in [2.05, 4.69) is 10.7 Å². The van der Waals surface area contributed by atoms with Crippen LogP contribution >= 0.6 is 11.4 Å². The van der Waals surface area contributed by atoms with Gasteiger partial charge in [0, 0.05) is 13.1 Å². The summed E-state index contributed by atoms with van der Waals surface area (Å²) in [6.07, 6.45) is 0. The third-order valence-electron chi connectivity index (χ3n) is 0.782. The summed E-state index contributed by atoms with van der Waals surface area (Å²) in [6.45, 7) is 2.32. The van der Waals surface area contributed by atoms with Crippen LogP contribution in [0.5, 0.6) is 0 Å². The van der Waals surface area contributed by atoms with Gasteiger partial charge in [-0.25, -0.2) is 11.4 Å². The van der Waals surface area contributed by atoms with Gasteiger partial charge in [-0.15, -0.1) is 0 Å². The maximum atomic E-state index is 3.22. The average Bonchev–Trinajstić information content (AvgIpc) is 1.72. The van der Waals surface area contributed by atoms with Crippen molar-refractivity contribution in [3.05, 3.63) is 0 Å². The van der Waals surface area contributed by atoms with E-state index in [0.717, 1.165) is 6.54 Å². The molecule has 2 heteroatoms. The number of thiol groups is 1. The van der Waals surface area contributed by atoms with E-state index in [1.54, 1.807) is 0 Å². The molecule has 0 aliphatic carbocycles. The van der Waals surface area contributed by atoms with Gasteiger partial charge < -0.3 is 5.32 Å². The van der Waals surface area contributed by atoms with Gasteiger partial charge in [-0.2, -0.15) is 0 Å². The Kier molecular flexibility index (Phi) is 1.71. The van der Waals surface area contributed by atoms with Crippen LogP contribution in [-0.4, -0.2) is 24.2 Å². The van der Waals surface area contributed by atoms with Crippen LogP contribution in [0.25, 0.3) is 0 Å². The summed E-state index contributed by atoms with van der Waals surface area (Å²) >= 11 is 1.51. The van der Waals surface area contributed by atoms with Crippen molar-refractivity contribution in [3.63, 3.8) is 0 Å². The van der Waals surface area contributed by atoms with Crippen LogP contribution in [0.2, 0.25) is 0 Å². The lowest BCUT2D eigenvalue weighted by molar-refractivity contribution is 0.830. The first-order valence-electron chi connectivity index (χ1n) is 2.19. The Balaban J connectivity index is 2.26. The zero-order valence-electron chi connectivity index (χ0n) is 3.65. The quantitative estimate of drug-likeness (QED) is 0.321. The van der Waals surface area contributed by atoms with E-state index in [1.165, 1.54) is 23.6 Å². The Labute approximate surface area is 41.7 Å². The highest BCUT2D eigenvalue weighted by atomic mass is 32.1. The Morgan fingerprint density at radius 2 is 2.67 bits per heavy atom. The fourth-order valence-corrected chi connectivity index (χ4v) is 1.19. The molecule has 0 spiro atoms. The molecular formula is C4H9NS. The second kappa shape index (κ2) is 2.37. The molecule has 0 radical (unpaired) electrons. The van der Waals surface area contributed by atoms with Crippen LogP contribution in [0.4, 0.5) is 0 Å². The SMILES string of the molecule is C1=[SH]CCNC1. The second-order valence-electron chi connectivity index (χ2n) is 1.29. The van der Waals surface area contributed by atoms with Crippen LogP contribution in [0.3, 0.4) is 0 Å². The molecule has 0 aromatic heterocycles. The third-order valence-corrected chi connectivity index (χ3v) is 1.70. The maximum absolute atomic E-state index is 3.22. The predicted octanol–water partition coefficient (Wildman–Crippen LogP) is -0.143.